The molecule has 1 aromatic heterocycles. The number of aromatic nitrogens is 2. The lowest BCUT2D eigenvalue weighted by atomic mass is 9.88. The smallest absolute Gasteiger partial charge is 0.231 e. The minimum atomic E-state index is -0.0318. The van der Waals surface area contributed by atoms with E-state index in [9.17, 15) is 4.79 Å². The van der Waals surface area contributed by atoms with E-state index in [0.29, 0.717) is 5.82 Å². The van der Waals surface area contributed by atoms with Crippen molar-refractivity contribution < 1.29 is 9.53 Å². The van der Waals surface area contributed by atoms with E-state index in [-0.39, 0.29) is 24.0 Å². The number of hydrogen-bond acceptors (Lipinski definition) is 3. The Morgan fingerprint density at radius 2 is 2.14 bits per heavy atom. The predicted octanol–water partition coefficient (Wildman–Crippen LogP) is 2.58. The lowest BCUT2D eigenvalue weighted by Crippen LogP contribution is -2.30. The number of rotatable bonds is 3. The van der Waals surface area contributed by atoms with Gasteiger partial charge in [-0.05, 0) is 24.8 Å². The first kappa shape index (κ1) is 12.6. The monoisotopic (exact) mass is 283 g/mol. The molecular weight excluding hydrogens is 266 g/mol. The van der Waals surface area contributed by atoms with Gasteiger partial charge in [0.05, 0.1) is 24.3 Å². The number of carbonyl (C=O) groups is 1. The molecule has 3 atom stereocenters. The number of amides is 1. The maximum absolute atomic E-state index is 12.4. The molecule has 2 bridgehead atoms. The van der Waals surface area contributed by atoms with Crippen LogP contribution in [0.2, 0.25) is 0 Å². The third kappa shape index (κ3) is 2.23. The van der Waals surface area contributed by atoms with Crippen LogP contribution in [-0.2, 0) is 9.53 Å². The molecule has 0 spiro atoms. The lowest BCUT2D eigenvalue weighted by molar-refractivity contribution is -0.121. The van der Waals surface area contributed by atoms with Crippen molar-refractivity contribution in [3.05, 3.63) is 36.5 Å². The molecule has 2 aromatic rings. The van der Waals surface area contributed by atoms with Gasteiger partial charge in [-0.25, -0.2) is 0 Å². The normalized spacial score (nSPS) is 27.0. The fourth-order valence-corrected chi connectivity index (χ4v) is 3.35. The summed E-state index contributed by atoms with van der Waals surface area (Å²) < 4.78 is 5.75. The van der Waals surface area contributed by atoms with Crippen LogP contribution in [0.4, 0.5) is 5.82 Å². The second kappa shape index (κ2) is 5.00. The molecule has 0 radical (unpaired) electrons. The molecule has 5 heteroatoms. The maximum Gasteiger partial charge on any atom is 0.231 e. The molecule has 1 aromatic carbocycles. The highest BCUT2D eigenvalue weighted by atomic mass is 16.5. The van der Waals surface area contributed by atoms with Crippen molar-refractivity contribution in [2.24, 2.45) is 5.92 Å². The first-order chi connectivity index (χ1) is 10.3. The van der Waals surface area contributed by atoms with E-state index in [1.165, 1.54) is 0 Å². The standard InChI is InChI=1S/C16H17N3O2/c20-16(12-8-11-6-7-14(12)21-11)18-15-13(9-17-19-15)10-4-2-1-3-5-10/h1-5,9,11-12,14H,6-8H2,(H2,17,18,19,20)/t11-,12-,14+/m1/s1. The number of hydrogen-bond donors (Lipinski definition) is 2. The zero-order chi connectivity index (χ0) is 14.2. The van der Waals surface area contributed by atoms with Gasteiger partial charge in [0.1, 0.15) is 5.82 Å². The molecule has 2 fully saturated rings. The van der Waals surface area contributed by atoms with Gasteiger partial charge in [-0.15, -0.1) is 0 Å². The minimum Gasteiger partial charge on any atom is -0.374 e. The van der Waals surface area contributed by atoms with Gasteiger partial charge >= 0.3 is 0 Å². The Morgan fingerprint density at radius 3 is 2.86 bits per heavy atom. The van der Waals surface area contributed by atoms with Crippen LogP contribution in [0.1, 0.15) is 19.3 Å². The van der Waals surface area contributed by atoms with E-state index in [1.54, 1.807) is 6.20 Å². The van der Waals surface area contributed by atoms with Crippen LogP contribution < -0.4 is 5.32 Å². The number of benzene rings is 1. The average Bonchev–Trinajstić information content (AvgIpc) is 3.24. The van der Waals surface area contributed by atoms with Crippen LogP contribution in [0, 0.1) is 5.92 Å². The molecule has 2 aliphatic rings. The van der Waals surface area contributed by atoms with Gasteiger partial charge < -0.3 is 10.1 Å². The van der Waals surface area contributed by atoms with Crippen LogP contribution in [0.25, 0.3) is 11.1 Å². The van der Waals surface area contributed by atoms with Crippen molar-refractivity contribution in [1.29, 1.82) is 0 Å². The SMILES string of the molecule is O=C(Nc1[nH]ncc1-c1ccccc1)[C@@H]1C[C@H]2CC[C@@H]1O2. The van der Waals surface area contributed by atoms with E-state index in [4.69, 9.17) is 4.74 Å². The zero-order valence-electron chi connectivity index (χ0n) is 11.6. The molecule has 4 rings (SSSR count). The summed E-state index contributed by atoms with van der Waals surface area (Å²) in [6, 6.07) is 9.91. The van der Waals surface area contributed by atoms with Crippen LogP contribution in [0.3, 0.4) is 0 Å². The van der Waals surface area contributed by atoms with Gasteiger partial charge in [0.25, 0.3) is 0 Å². The number of H-pyrrole nitrogens is 1. The Bertz CT molecular complexity index is 653. The minimum absolute atomic E-state index is 0.0311. The van der Waals surface area contributed by atoms with Crippen LogP contribution in [0.5, 0.6) is 0 Å². The van der Waals surface area contributed by atoms with Crippen molar-refractivity contribution in [3.63, 3.8) is 0 Å². The predicted molar refractivity (Wildman–Crippen MR) is 78.7 cm³/mol. The molecule has 5 nitrogen and oxygen atoms in total. The molecule has 108 valence electrons. The summed E-state index contributed by atoms with van der Waals surface area (Å²) in [4.78, 5) is 12.4. The van der Waals surface area contributed by atoms with E-state index in [1.807, 2.05) is 30.3 Å². The van der Waals surface area contributed by atoms with E-state index in [2.05, 4.69) is 15.5 Å². The zero-order valence-corrected chi connectivity index (χ0v) is 11.6. The van der Waals surface area contributed by atoms with Gasteiger partial charge in [0.2, 0.25) is 5.91 Å². The maximum atomic E-state index is 12.4. The highest BCUT2D eigenvalue weighted by Crippen LogP contribution is 2.39. The summed E-state index contributed by atoms with van der Waals surface area (Å²) in [5.41, 5.74) is 1.94. The van der Waals surface area contributed by atoms with Gasteiger partial charge in [0.15, 0.2) is 0 Å². The van der Waals surface area contributed by atoms with Crippen molar-refractivity contribution in [1.82, 2.24) is 10.2 Å². The van der Waals surface area contributed by atoms with Gasteiger partial charge in [0, 0.05) is 5.56 Å². The molecule has 2 N–H and O–H groups in total. The Hall–Kier alpha value is -2.14. The second-order valence-electron chi connectivity index (χ2n) is 5.73. The molecular formula is C16H17N3O2. The highest BCUT2D eigenvalue weighted by Gasteiger charge is 2.44. The van der Waals surface area contributed by atoms with E-state index >= 15 is 0 Å². The Labute approximate surface area is 122 Å². The lowest BCUT2D eigenvalue weighted by Gasteiger charge is -2.17. The number of ether oxygens (including phenoxy) is 1. The number of nitrogens with one attached hydrogen (secondary N) is 2. The molecule has 3 heterocycles. The summed E-state index contributed by atoms with van der Waals surface area (Å²) in [7, 11) is 0. The first-order valence-corrected chi connectivity index (χ1v) is 7.36. The van der Waals surface area contributed by atoms with E-state index < -0.39 is 0 Å². The average molecular weight is 283 g/mol. The summed E-state index contributed by atoms with van der Waals surface area (Å²) in [6.07, 6.45) is 5.04. The van der Waals surface area contributed by atoms with Crippen molar-refractivity contribution >= 4 is 11.7 Å². The van der Waals surface area contributed by atoms with E-state index in [0.717, 1.165) is 30.4 Å². The quantitative estimate of drug-likeness (QED) is 0.909. The Balaban J connectivity index is 1.53. The Kier molecular flexibility index (Phi) is 3.00. The molecule has 0 aliphatic carbocycles. The molecule has 0 unspecified atom stereocenters. The largest absolute Gasteiger partial charge is 0.374 e. The van der Waals surface area contributed by atoms with Crippen molar-refractivity contribution in [3.8, 4) is 11.1 Å². The van der Waals surface area contributed by atoms with Crippen LogP contribution in [-0.4, -0.2) is 28.3 Å². The topological polar surface area (TPSA) is 67.0 Å². The summed E-state index contributed by atoms with van der Waals surface area (Å²) in [5.74, 6) is 0.660. The van der Waals surface area contributed by atoms with Crippen LogP contribution in [0.15, 0.2) is 36.5 Å². The summed E-state index contributed by atoms with van der Waals surface area (Å²) >= 11 is 0. The molecule has 0 saturated carbocycles. The molecule has 1 amide bonds. The van der Waals surface area contributed by atoms with Crippen LogP contribution >= 0.6 is 0 Å². The second-order valence-corrected chi connectivity index (χ2v) is 5.73. The fourth-order valence-electron chi connectivity index (χ4n) is 3.35. The van der Waals surface area contributed by atoms with Gasteiger partial charge in [-0.2, -0.15) is 5.10 Å². The van der Waals surface area contributed by atoms with Crippen molar-refractivity contribution in [2.75, 3.05) is 5.32 Å². The molecule has 2 aliphatic heterocycles. The third-order valence-electron chi connectivity index (χ3n) is 4.42. The van der Waals surface area contributed by atoms with Crippen molar-refractivity contribution in [2.45, 2.75) is 31.5 Å². The number of aromatic amines is 1. The summed E-state index contributed by atoms with van der Waals surface area (Å²) in [6.45, 7) is 0. The number of carbonyl (C=O) groups excluding carboxylic acids is 1. The first-order valence-electron chi connectivity index (χ1n) is 7.36. The molecule has 21 heavy (non-hydrogen) atoms. The highest BCUT2D eigenvalue weighted by molar-refractivity contribution is 5.95. The van der Waals surface area contributed by atoms with Gasteiger partial charge in [-0.1, -0.05) is 30.3 Å². The Morgan fingerprint density at radius 1 is 1.29 bits per heavy atom. The summed E-state index contributed by atoms with van der Waals surface area (Å²) in [5, 5.41) is 9.91. The van der Waals surface area contributed by atoms with Gasteiger partial charge in [-0.3, -0.25) is 9.89 Å². The molecule has 2 saturated heterocycles. The third-order valence-corrected chi connectivity index (χ3v) is 4.42. The number of anilines is 1. The number of nitrogens with zero attached hydrogens (tertiary/aromatic N) is 1. The fraction of sp³-hybridized carbons (Fsp3) is 0.375. The number of fused-ring (bicyclic) bond motifs is 2.